The summed E-state index contributed by atoms with van der Waals surface area (Å²) in [5, 5.41) is 17.7. The number of aromatic hydroxyl groups is 1. The molecule has 0 aliphatic heterocycles. The van der Waals surface area contributed by atoms with Gasteiger partial charge in [0.05, 0.1) is 15.5 Å². The van der Waals surface area contributed by atoms with E-state index in [2.05, 4.69) is 15.0 Å². The van der Waals surface area contributed by atoms with E-state index in [1.807, 2.05) is 20.8 Å². The van der Waals surface area contributed by atoms with E-state index < -0.39 is 52.5 Å². The lowest BCUT2D eigenvalue weighted by atomic mass is 9.81. The first-order valence-corrected chi connectivity index (χ1v) is 13.2. The lowest BCUT2D eigenvalue weighted by molar-refractivity contribution is 0.472. The molecule has 0 amide bonds. The van der Waals surface area contributed by atoms with Gasteiger partial charge in [-0.15, -0.1) is 0 Å². The van der Waals surface area contributed by atoms with Crippen molar-refractivity contribution in [2.45, 2.75) is 42.4 Å². The fourth-order valence-corrected chi connectivity index (χ4v) is 4.51. The minimum absolute atomic E-state index is 0.185. The van der Waals surface area contributed by atoms with Crippen LogP contribution in [0.2, 0.25) is 0 Å². The van der Waals surface area contributed by atoms with E-state index in [-0.39, 0.29) is 17.1 Å². The van der Waals surface area contributed by atoms with Gasteiger partial charge >= 0.3 is 11.3 Å². The van der Waals surface area contributed by atoms with Gasteiger partial charge in [-0.1, -0.05) is 20.8 Å². The number of phenols is 1. The normalized spacial score (nSPS) is 13.8. The number of rotatable bonds is 9. The van der Waals surface area contributed by atoms with Crippen molar-refractivity contribution in [3.63, 3.8) is 0 Å². The zero-order valence-corrected chi connectivity index (χ0v) is 20.5. The molecule has 0 aliphatic rings. The van der Waals surface area contributed by atoms with Crippen LogP contribution in [-0.2, 0) is 36.9 Å². The first-order valence-electron chi connectivity index (χ1n) is 9.22. The molecular formula is C18H23N3O9S3. The number of nitrogens with zero attached hydrogens (tertiary/aromatic N) is 2. The Morgan fingerprint density at radius 2 is 1.58 bits per heavy atom. The largest absolute Gasteiger partial charge is 0.506 e. The minimum Gasteiger partial charge on any atom is -0.506 e. The summed E-state index contributed by atoms with van der Waals surface area (Å²) in [6.07, 6.45) is 0.650. The summed E-state index contributed by atoms with van der Waals surface area (Å²) in [6.45, 7) is 5.72. The summed E-state index contributed by atoms with van der Waals surface area (Å²) in [7, 11) is -8.32. The molecule has 182 valence electrons. The quantitative estimate of drug-likeness (QED) is 0.283. The Labute approximate surface area is 194 Å². The summed E-state index contributed by atoms with van der Waals surface area (Å²) in [4.78, 5) is -1.80. The maximum Gasteiger partial charge on any atom is 0.316 e. The molecule has 0 aromatic heterocycles. The van der Waals surface area contributed by atoms with Gasteiger partial charge < -0.3 is 9.29 Å². The van der Waals surface area contributed by atoms with Gasteiger partial charge in [0.25, 0.3) is 20.2 Å². The van der Waals surface area contributed by atoms with Gasteiger partial charge in [0.2, 0.25) is 0 Å². The topological polar surface area (TPSA) is 192 Å². The second-order valence-corrected chi connectivity index (χ2v) is 11.1. The molecule has 0 radical (unpaired) electrons. The molecule has 1 unspecified atom stereocenters. The van der Waals surface area contributed by atoms with E-state index in [1.54, 1.807) is 6.07 Å². The zero-order chi connectivity index (χ0) is 25.2. The molecule has 1 atom stereocenters. The van der Waals surface area contributed by atoms with Gasteiger partial charge in [-0.05, 0) is 29.5 Å². The monoisotopic (exact) mass is 521 g/mol. The van der Waals surface area contributed by atoms with E-state index in [4.69, 9.17) is 4.18 Å². The molecule has 0 saturated carbocycles. The third-order valence-electron chi connectivity index (χ3n) is 4.75. The molecule has 0 fully saturated rings. The molecule has 33 heavy (non-hydrogen) atoms. The van der Waals surface area contributed by atoms with Crippen LogP contribution in [0.4, 0.5) is 11.4 Å². The number of nitrogens with one attached hydrogen (secondary N) is 1. The van der Waals surface area contributed by atoms with Crippen LogP contribution in [0.1, 0.15) is 32.8 Å². The van der Waals surface area contributed by atoms with Gasteiger partial charge in [-0.25, -0.2) is 0 Å². The van der Waals surface area contributed by atoms with E-state index in [0.717, 1.165) is 12.1 Å². The summed E-state index contributed by atoms with van der Waals surface area (Å²) in [6, 6.07) is 4.77. The van der Waals surface area contributed by atoms with Crippen molar-refractivity contribution in [1.82, 2.24) is 0 Å². The van der Waals surface area contributed by atoms with Crippen molar-refractivity contribution in [1.29, 1.82) is 0 Å². The zero-order valence-electron chi connectivity index (χ0n) is 18.0. The Balaban J connectivity index is 2.49. The second kappa shape index (κ2) is 9.72. The van der Waals surface area contributed by atoms with Gasteiger partial charge in [0, 0.05) is 25.2 Å². The molecule has 0 heterocycles. The van der Waals surface area contributed by atoms with Crippen LogP contribution in [0.25, 0.3) is 0 Å². The van der Waals surface area contributed by atoms with Gasteiger partial charge in [0.1, 0.15) is 17.2 Å². The van der Waals surface area contributed by atoms with Crippen molar-refractivity contribution in [3.05, 3.63) is 35.9 Å². The van der Waals surface area contributed by atoms with Crippen molar-refractivity contribution in [2.75, 3.05) is 11.8 Å². The number of phenolic OH excluding ortho intramolecular Hbond substituents is 1. The average molecular weight is 522 g/mol. The molecular weight excluding hydrogens is 498 g/mol. The summed E-state index contributed by atoms with van der Waals surface area (Å²) < 4.78 is 84.5. The predicted molar refractivity (Wildman–Crippen MR) is 120 cm³/mol. The summed E-state index contributed by atoms with van der Waals surface area (Å²) in [5.41, 5.74) is 0.521. The number of anilines is 1. The standard InChI is InChI=1S/C18H23N3O9S3/c1-5-18(2,3)14-9-16(20-19-4)17(22)10-15(14)21-31(23)30-11-6-12(32(24,25)26)8-13(7-11)33(27,28)29/h6-10,21-22H,5H2,1-4H3,(H,24,25,26)(H,27,28,29). The molecule has 0 bridgehead atoms. The van der Waals surface area contributed by atoms with Gasteiger partial charge in [-0.3, -0.25) is 13.8 Å². The number of hydrogen-bond donors (Lipinski definition) is 4. The number of hydrogen-bond acceptors (Lipinski definition) is 9. The second-order valence-electron chi connectivity index (χ2n) is 7.43. The maximum atomic E-state index is 12.6. The van der Waals surface area contributed by atoms with Crippen molar-refractivity contribution >= 4 is 42.9 Å². The van der Waals surface area contributed by atoms with Crippen molar-refractivity contribution in [2.24, 2.45) is 10.2 Å². The molecule has 0 aliphatic carbocycles. The van der Waals surface area contributed by atoms with Crippen molar-refractivity contribution in [3.8, 4) is 11.5 Å². The van der Waals surface area contributed by atoms with Crippen LogP contribution in [0.15, 0.2) is 50.4 Å². The van der Waals surface area contributed by atoms with Gasteiger partial charge in [-0.2, -0.15) is 31.3 Å². The first-order chi connectivity index (χ1) is 15.1. The Kier molecular flexibility index (Phi) is 7.86. The van der Waals surface area contributed by atoms with Gasteiger partial charge in [0.15, 0.2) is 0 Å². The molecule has 2 aromatic carbocycles. The SMILES string of the molecule is CCC(C)(C)c1cc(N=NC)c(O)cc1NS(=O)Oc1cc(S(=O)(=O)O)cc(S(=O)(=O)O)c1. The Morgan fingerprint density at radius 1 is 1.03 bits per heavy atom. The lowest BCUT2D eigenvalue weighted by Crippen LogP contribution is -2.20. The number of benzene rings is 2. The van der Waals surface area contributed by atoms with Crippen LogP contribution < -0.4 is 8.91 Å². The Bertz CT molecular complexity index is 1270. The molecule has 0 spiro atoms. The van der Waals surface area contributed by atoms with Crippen LogP contribution in [-0.4, -0.2) is 42.3 Å². The fraction of sp³-hybridized carbons (Fsp3) is 0.333. The highest BCUT2D eigenvalue weighted by molar-refractivity contribution is 7.86. The summed E-state index contributed by atoms with van der Waals surface area (Å²) >= 11 is -2.43. The third-order valence-corrected chi connectivity index (χ3v) is 7.14. The van der Waals surface area contributed by atoms with E-state index in [9.17, 15) is 35.3 Å². The summed E-state index contributed by atoms with van der Waals surface area (Å²) in [5.74, 6) is -0.807. The molecule has 0 saturated heterocycles. The molecule has 2 aromatic rings. The maximum absolute atomic E-state index is 12.6. The highest BCUT2D eigenvalue weighted by Crippen LogP contribution is 2.40. The van der Waals surface area contributed by atoms with Crippen LogP contribution in [0.5, 0.6) is 11.5 Å². The van der Waals surface area contributed by atoms with Crippen LogP contribution in [0, 0.1) is 0 Å². The van der Waals surface area contributed by atoms with Crippen LogP contribution in [0.3, 0.4) is 0 Å². The fourth-order valence-electron chi connectivity index (χ4n) is 2.69. The molecule has 12 nitrogen and oxygen atoms in total. The smallest absolute Gasteiger partial charge is 0.316 e. The highest BCUT2D eigenvalue weighted by atomic mass is 32.2. The van der Waals surface area contributed by atoms with E-state index in [1.165, 1.54) is 13.1 Å². The first kappa shape index (κ1) is 26.7. The van der Waals surface area contributed by atoms with Crippen LogP contribution >= 0.6 is 0 Å². The molecule has 2 rings (SSSR count). The number of azo groups is 1. The molecule has 15 heteroatoms. The van der Waals surface area contributed by atoms with E-state index >= 15 is 0 Å². The highest BCUT2D eigenvalue weighted by Gasteiger charge is 2.25. The lowest BCUT2D eigenvalue weighted by Gasteiger charge is -2.27. The molecule has 4 N–H and O–H groups in total. The Hall–Kier alpha value is -2.59. The van der Waals surface area contributed by atoms with E-state index in [0.29, 0.717) is 18.1 Å². The third kappa shape index (κ3) is 6.70. The Morgan fingerprint density at radius 3 is 2.03 bits per heavy atom. The predicted octanol–water partition coefficient (Wildman–Crippen LogP) is 3.36. The minimum atomic E-state index is -4.88. The van der Waals surface area contributed by atoms with Crippen molar-refractivity contribution < 1.29 is 39.4 Å². The average Bonchev–Trinajstić information content (AvgIpc) is 2.68.